The van der Waals surface area contributed by atoms with Crippen LogP contribution in [0.2, 0.25) is 0 Å². The molecular formula is C17H18N6OS. The average Bonchev–Trinajstić information content (AvgIpc) is 3.17. The molecule has 0 aliphatic rings. The summed E-state index contributed by atoms with van der Waals surface area (Å²) < 4.78 is 0. The van der Waals surface area contributed by atoms with Crippen molar-refractivity contribution in [3.63, 3.8) is 0 Å². The van der Waals surface area contributed by atoms with Crippen LogP contribution in [0.15, 0.2) is 48.0 Å². The van der Waals surface area contributed by atoms with E-state index in [2.05, 4.69) is 31.1 Å². The van der Waals surface area contributed by atoms with Crippen LogP contribution in [0.4, 0.5) is 17.5 Å². The van der Waals surface area contributed by atoms with Crippen LogP contribution in [0.3, 0.4) is 0 Å². The van der Waals surface area contributed by atoms with E-state index in [1.54, 1.807) is 12.3 Å². The average molecular weight is 354 g/mol. The highest BCUT2D eigenvalue weighted by molar-refractivity contribution is 7.12. The van der Waals surface area contributed by atoms with E-state index >= 15 is 0 Å². The molecule has 0 spiro atoms. The number of thiophene rings is 1. The maximum atomic E-state index is 11.8. The fraction of sp³-hybridized carbons (Fsp3) is 0.176. The maximum Gasteiger partial charge on any atom is 0.261 e. The van der Waals surface area contributed by atoms with Gasteiger partial charge in [-0.1, -0.05) is 12.1 Å². The Morgan fingerprint density at radius 1 is 1.04 bits per heavy atom. The zero-order valence-corrected chi connectivity index (χ0v) is 14.5. The van der Waals surface area contributed by atoms with Crippen LogP contribution in [0.25, 0.3) is 0 Å². The number of pyridine rings is 1. The van der Waals surface area contributed by atoms with Gasteiger partial charge in [0.1, 0.15) is 11.6 Å². The quantitative estimate of drug-likeness (QED) is 0.565. The minimum Gasteiger partial charge on any atom is -0.367 e. The summed E-state index contributed by atoms with van der Waals surface area (Å²) in [6, 6.07) is 11.2. The first-order chi connectivity index (χ1) is 12.2. The lowest BCUT2D eigenvalue weighted by Gasteiger charge is -2.07. The van der Waals surface area contributed by atoms with Crippen LogP contribution in [0.5, 0.6) is 0 Å². The van der Waals surface area contributed by atoms with Crippen molar-refractivity contribution in [2.24, 2.45) is 0 Å². The van der Waals surface area contributed by atoms with Gasteiger partial charge < -0.3 is 16.0 Å². The van der Waals surface area contributed by atoms with Crippen molar-refractivity contribution in [2.45, 2.75) is 6.92 Å². The van der Waals surface area contributed by atoms with Gasteiger partial charge >= 0.3 is 0 Å². The third-order valence-corrected chi connectivity index (χ3v) is 4.16. The highest BCUT2D eigenvalue weighted by Crippen LogP contribution is 2.12. The van der Waals surface area contributed by atoms with Gasteiger partial charge in [0.15, 0.2) is 5.82 Å². The number of nitrogens with one attached hydrogen (secondary N) is 3. The number of rotatable bonds is 7. The molecule has 3 rings (SSSR count). The predicted molar refractivity (Wildman–Crippen MR) is 99.4 cm³/mol. The molecule has 0 bridgehead atoms. The van der Waals surface area contributed by atoms with Gasteiger partial charge in [-0.05, 0) is 42.1 Å². The molecule has 25 heavy (non-hydrogen) atoms. The van der Waals surface area contributed by atoms with Gasteiger partial charge in [-0.25, -0.2) is 4.98 Å². The standard InChI is InChI=1S/C17H18N6OS/c1-12-4-5-14(20-11-12)21-16-7-6-15(22-23-16)18-8-9-19-17(24)13-3-2-10-25-13/h2-7,10-11H,8-9H2,1H3,(H,18,22)(H,19,24)(H,20,21,23). The number of aromatic nitrogens is 3. The minimum atomic E-state index is -0.0620. The lowest BCUT2D eigenvalue weighted by Crippen LogP contribution is -2.28. The maximum absolute atomic E-state index is 11.8. The van der Waals surface area contributed by atoms with Crippen LogP contribution < -0.4 is 16.0 Å². The zero-order chi connectivity index (χ0) is 17.5. The number of aryl methyl sites for hydroxylation is 1. The summed E-state index contributed by atoms with van der Waals surface area (Å²) in [6.07, 6.45) is 1.79. The van der Waals surface area contributed by atoms with Gasteiger partial charge in [0, 0.05) is 19.3 Å². The Bertz CT molecular complexity index is 802. The highest BCUT2D eigenvalue weighted by atomic mass is 32.1. The summed E-state index contributed by atoms with van der Waals surface area (Å²) in [5, 5.41) is 19.1. The second-order valence-corrected chi connectivity index (χ2v) is 6.26. The number of carbonyl (C=O) groups is 1. The molecule has 0 fully saturated rings. The Morgan fingerprint density at radius 3 is 2.52 bits per heavy atom. The number of anilines is 3. The molecule has 8 heteroatoms. The Labute approximate surface area is 149 Å². The number of carbonyl (C=O) groups excluding carboxylic acids is 1. The van der Waals surface area contributed by atoms with E-state index in [1.807, 2.05) is 42.6 Å². The summed E-state index contributed by atoms with van der Waals surface area (Å²) in [5.41, 5.74) is 1.10. The van der Waals surface area contributed by atoms with Crippen molar-refractivity contribution in [2.75, 3.05) is 23.7 Å². The fourth-order valence-corrected chi connectivity index (χ4v) is 2.67. The van der Waals surface area contributed by atoms with E-state index in [0.29, 0.717) is 29.6 Å². The molecule has 3 N–H and O–H groups in total. The van der Waals surface area contributed by atoms with Crippen molar-refractivity contribution in [1.82, 2.24) is 20.5 Å². The summed E-state index contributed by atoms with van der Waals surface area (Å²) in [5.74, 6) is 1.92. The number of amides is 1. The fourth-order valence-electron chi connectivity index (χ4n) is 2.03. The zero-order valence-electron chi connectivity index (χ0n) is 13.7. The van der Waals surface area contributed by atoms with E-state index in [1.165, 1.54) is 11.3 Å². The van der Waals surface area contributed by atoms with Gasteiger partial charge in [-0.2, -0.15) is 0 Å². The monoisotopic (exact) mass is 354 g/mol. The smallest absolute Gasteiger partial charge is 0.261 e. The molecule has 128 valence electrons. The molecule has 0 aliphatic heterocycles. The molecule has 0 saturated carbocycles. The Morgan fingerprint density at radius 2 is 1.84 bits per heavy atom. The van der Waals surface area contributed by atoms with Crippen molar-refractivity contribution in [1.29, 1.82) is 0 Å². The molecule has 1 amide bonds. The SMILES string of the molecule is Cc1ccc(Nc2ccc(NCCNC(=O)c3cccs3)nn2)nc1. The second-order valence-electron chi connectivity index (χ2n) is 5.31. The summed E-state index contributed by atoms with van der Waals surface area (Å²) in [4.78, 5) is 16.8. The van der Waals surface area contributed by atoms with Crippen molar-refractivity contribution in [3.05, 3.63) is 58.4 Å². The van der Waals surface area contributed by atoms with Crippen LogP contribution in [-0.2, 0) is 0 Å². The molecule has 3 aromatic rings. The van der Waals surface area contributed by atoms with Crippen molar-refractivity contribution >= 4 is 34.7 Å². The first-order valence-electron chi connectivity index (χ1n) is 7.80. The Balaban J connectivity index is 1.43. The van der Waals surface area contributed by atoms with Crippen LogP contribution in [0, 0.1) is 6.92 Å². The van der Waals surface area contributed by atoms with E-state index < -0.39 is 0 Å². The molecule has 0 aliphatic carbocycles. The molecule has 0 radical (unpaired) electrons. The molecular weight excluding hydrogens is 336 g/mol. The van der Waals surface area contributed by atoms with E-state index in [4.69, 9.17) is 0 Å². The molecule has 3 aromatic heterocycles. The summed E-state index contributed by atoms with van der Waals surface area (Å²) in [6.45, 7) is 3.06. The lowest BCUT2D eigenvalue weighted by molar-refractivity contribution is 0.0959. The molecule has 3 heterocycles. The third kappa shape index (κ3) is 4.98. The second kappa shape index (κ2) is 8.20. The molecule has 0 aromatic carbocycles. The molecule has 0 saturated heterocycles. The van der Waals surface area contributed by atoms with Gasteiger partial charge in [0.05, 0.1) is 4.88 Å². The van der Waals surface area contributed by atoms with Crippen molar-refractivity contribution in [3.8, 4) is 0 Å². The number of nitrogens with zero attached hydrogens (tertiary/aromatic N) is 3. The van der Waals surface area contributed by atoms with Crippen LogP contribution in [0.1, 0.15) is 15.2 Å². The van der Waals surface area contributed by atoms with Crippen LogP contribution >= 0.6 is 11.3 Å². The first kappa shape index (κ1) is 16.8. The van der Waals surface area contributed by atoms with Crippen molar-refractivity contribution < 1.29 is 4.79 Å². The molecule has 0 atom stereocenters. The Hall–Kier alpha value is -3.00. The predicted octanol–water partition coefficient (Wildman–Crippen LogP) is 2.83. The largest absolute Gasteiger partial charge is 0.367 e. The van der Waals surface area contributed by atoms with Crippen LogP contribution in [-0.4, -0.2) is 34.2 Å². The van der Waals surface area contributed by atoms with E-state index in [0.717, 1.165) is 11.4 Å². The van der Waals surface area contributed by atoms with E-state index in [9.17, 15) is 4.79 Å². The van der Waals surface area contributed by atoms with Gasteiger partial charge in [-0.15, -0.1) is 21.5 Å². The van der Waals surface area contributed by atoms with Gasteiger partial charge in [0.2, 0.25) is 0 Å². The molecule has 0 unspecified atom stereocenters. The van der Waals surface area contributed by atoms with Gasteiger partial charge in [0.25, 0.3) is 5.91 Å². The lowest BCUT2D eigenvalue weighted by atomic mass is 10.3. The number of hydrogen-bond donors (Lipinski definition) is 3. The minimum absolute atomic E-state index is 0.0620. The highest BCUT2D eigenvalue weighted by Gasteiger charge is 2.05. The van der Waals surface area contributed by atoms with Gasteiger partial charge in [-0.3, -0.25) is 4.79 Å². The summed E-state index contributed by atoms with van der Waals surface area (Å²) in [7, 11) is 0. The summed E-state index contributed by atoms with van der Waals surface area (Å²) >= 11 is 1.42. The third-order valence-electron chi connectivity index (χ3n) is 3.29. The van der Waals surface area contributed by atoms with E-state index in [-0.39, 0.29) is 5.91 Å². The topological polar surface area (TPSA) is 91.8 Å². The first-order valence-corrected chi connectivity index (χ1v) is 8.68. The number of hydrogen-bond acceptors (Lipinski definition) is 7. The normalized spacial score (nSPS) is 10.3. The molecule has 7 nitrogen and oxygen atoms in total. The Kier molecular flexibility index (Phi) is 5.53.